The molecule has 4 heteroatoms. The lowest BCUT2D eigenvalue weighted by molar-refractivity contribution is 0.0735. The van der Waals surface area contributed by atoms with Gasteiger partial charge in [0.05, 0.1) is 19.3 Å². The Morgan fingerprint density at radius 3 is 2.88 bits per heavy atom. The quantitative estimate of drug-likeness (QED) is 0.846. The molecule has 0 bridgehead atoms. The summed E-state index contributed by atoms with van der Waals surface area (Å²) in [6.07, 6.45) is 2.93. The minimum atomic E-state index is 0.117. The zero-order chi connectivity index (χ0) is 17.2. The van der Waals surface area contributed by atoms with Crippen molar-refractivity contribution in [2.24, 2.45) is 0 Å². The van der Waals surface area contributed by atoms with Gasteiger partial charge < -0.3 is 14.4 Å². The molecule has 2 aliphatic rings. The Morgan fingerprint density at radius 1 is 1.24 bits per heavy atom. The lowest BCUT2D eigenvalue weighted by Gasteiger charge is -2.25. The van der Waals surface area contributed by atoms with Gasteiger partial charge in [-0.3, -0.25) is 4.79 Å². The van der Waals surface area contributed by atoms with Crippen LogP contribution in [0.2, 0.25) is 0 Å². The van der Waals surface area contributed by atoms with Gasteiger partial charge in [-0.05, 0) is 61.2 Å². The van der Waals surface area contributed by atoms with Gasteiger partial charge in [0.15, 0.2) is 0 Å². The van der Waals surface area contributed by atoms with Crippen LogP contribution < -0.4 is 9.47 Å². The highest BCUT2D eigenvalue weighted by molar-refractivity contribution is 5.95. The fourth-order valence-electron chi connectivity index (χ4n) is 3.79. The second kappa shape index (κ2) is 6.79. The molecule has 1 atom stereocenters. The van der Waals surface area contributed by atoms with Crippen LogP contribution in [-0.4, -0.2) is 30.6 Å². The maximum Gasteiger partial charge on any atom is 0.254 e. The van der Waals surface area contributed by atoms with E-state index >= 15 is 0 Å². The van der Waals surface area contributed by atoms with Crippen molar-refractivity contribution in [1.29, 1.82) is 0 Å². The minimum Gasteiger partial charge on any atom is -0.494 e. The first-order valence-electron chi connectivity index (χ1n) is 9.05. The summed E-state index contributed by atoms with van der Waals surface area (Å²) in [5.41, 5.74) is 3.09. The molecular weight excluding hydrogens is 314 g/mol. The minimum absolute atomic E-state index is 0.117. The number of carbonyl (C=O) groups is 1. The molecule has 1 saturated heterocycles. The van der Waals surface area contributed by atoms with E-state index in [0.717, 1.165) is 48.4 Å². The summed E-state index contributed by atoms with van der Waals surface area (Å²) in [5, 5.41) is 0. The molecule has 2 aromatic carbocycles. The van der Waals surface area contributed by atoms with Crippen LogP contribution in [0.5, 0.6) is 11.5 Å². The van der Waals surface area contributed by atoms with Gasteiger partial charge in [0, 0.05) is 18.5 Å². The molecule has 0 radical (unpaired) electrons. The number of likely N-dealkylation sites (tertiary alicyclic amines) is 1. The third kappa shape index (κ3) is 3.09. The number of fused-ring (bicyclic) bond motifs is 1. The van der Waals surface area contributed by atoms with Crippen molar-refractivity contribution in [3.8, 4) is 11.5 Å². The van der Waals surface area contributed by atoms with Crippen molar-refractivity contribution < 1.29 is 14.3 Å². The first-order chi connectivity index (χ1) is 12.3. The second-order valence-corrected chi connectivity index (χ2v) is 6.58. The molecule has 2 heterocycles. The fourth-order valence-corrected chi connectivity index (χ4v) is 3.79. The van der Waals surface area contributed by atoms with E-state index < -0.39 is 0 Å². The van der Waals surface area contributed by atoms with E-state index in [2.05, 4.69) is 12.1 Å². The summed E-state index contributed by atoms with van der Waals surface area (Å²) in [7, 11) is 0. The molecule has 0 N–H and O–H groups in total. The van der Waals surface area contributed by atoms with E-state index in [1.165, 1.54) is 5.56 Å². The Labute approximate surface area is 148 Å². The lowest BCUT2D eigenvalue weighted by Crippen LogP contribution is -2.30. The molecule has 4 rings (SSSR count). The Balaban J connectivity index is 1.55. The number of amides is 1. The highest BCUT2D eigenvalue weighted by Crippen LogP contribution is 2.35. The number of rotatable bonds is 4. The van der Waals surface area contributed by atoms with Crippen molar-refractivity contribution in [2.45, 2.75) is 32.2 Å². The number of benzene rings is 2. The number of ether oxygens (including phenoxy) is 2. The van der Waals surface area contributed by atoms with E-state index in [0.29, 0.717) is 13.2 Å². The molecule has 25 heavy (non-hydrogen) atoms. The van der Waals surface area contributed by atoms with E-state index in [1.54, 1.807) is 0 Å². The topological polar surface area (TPSA) is 38.8 Å². The van der Waals surface area contributed by atoms with E-state index in [4.69, 9.17) is 9.47 Å². The third-order valence-corrected chi connectivity index (χ3v) is 5.03. The fraction of sp³-hybridized carbons (Fsp3) is 0.381. The van der Waals surface area contributed by atoms with Crippen LogP contribution in [0, 0.1) is 0 Å². The Bertz CT molecular complexity index is 769. The van der Waals surface area contributed by atoms with Gasteiger partial charge in [-0.25, -0.2) is 0 Å². The summed E-state index contributed by atoms with van der Waals surface area (Å²) in [4.78, 5) is 15.1. The second-order valence-electron chi connectivity index (χ2n) is 6.58. The van der Waals surface area contributed by atoms with Crippen LogP contribution in [0.25, 0.3) is 0 Å². The third-order valence-electron chi connectivity index (χ3n) is 5.03. The monoisotopic (exact) mass is 337 g/mol. The van der Waals surface area contributed by atoms with Crippen molar-refractivity contribution in [3.63, 3.8) is 0 Å². The highest BCUT2D eigenvalue weighted by atomic mass is 16.5. The van der Waals surface area contributed by atoms with Gasteiger partial charge in [-0.1, -0.05) is 12.1 Å². The summed E-state index contributed by atoms with van der Waals surface area (Å²) in [5.74, 6) is 1.91. The predicted octanol–water partition coefficient (Wildman–Crippen LogP) is 4.00. The van der Waals surface area contributed by atoms with E-state index in [-0.39, 0.29) is 11.9 Å². The number of hydrogen-bond donors (Lipinski definition) is 0. The predicted molar refractivity (Wildman–Crippen MR) is 96.3 cm³/mol. The van der Waals surface area contributed by atoms with Gasteiger partial charge in [0.25, 0.3) is 5.91 Å². The molecular formula is C21H23NO3. The maximum absolute atomic E-state index is 13.1. The van der Waals surface area contributed by atoms with Gasteiger partial charge in [0.2, 0.25) is 0 Å². The zero-order valence-electron chi connectivity index (χ0n) is 14.5. The molecule has 0 spiro atoms. The van der Waals surface area contributed by atoms with Gasteiger partial charge in [0.1, 0.15) is 11.5 Å². The van der Waals surface area contributed by atoms with Gasteiger partial charge in [-0.2, -0.15) is 0 Å². The van der Waals surface area contributed by atoms with Crippen LogP contribution >= 0.6 is 0 Å². The first kappa shape index (κ1) is 16.0. The molecule has 1 unspecified atom stereocenters. The lowest BCUT2D eigenvalue weighted by atomic mass is 10.0. The summed E-state index contributed by atoms with van der Waals surface area (Å²) >= 11 is 0. The molecule has 0 saturated carbocycles. The molecule has 0 aliphatic carbocycles. The molecule has 2 aliphatic heterocycles. The SMILES string of the molecule is CCOc1ccc(C2CCCN2C(=O)c2ccc3c(c2)CCO3)cc1. The molecule has 1 amide bonds. The van der Waals surface area contributed by atoms with Crippen LogP contribution in [0.1, 0.15) is 47.3 Å². The van der Waals surface area contributed by atoms with Crippen LogP contribution in [0.4, 0.5) is 0 Å². The van der Waals surface area contributed by atoms with Gasteiger partial charge >= 0.3 is 0 Å². The van der Waals surface area contributed by atoms with Crippen LogP contribution in [0.15, 0.2) is 42.5 Å². The normalized spacial score (nSPS) is 18.8. The van der Waals surface area contributed by atoms with Crippen molar-refractivity contribution >= 4 is 5.91 Å². The molecule has 1 fully saturated rings. The van der Waals surface area contributed by atoms with Gasteiger partial charge in [-0.15, -0.1) is 0 Å². The Kier molecular flexibility index (Phi) is 4.35. The van der Waals surface area contributed by atoms with Crippen LogP contribution in [-0.2, 0) is 6.42 Å². The smallest absolute Gasteiger partial charge is 0.254 e. The standard InChI is InChI=1S/C21H23NO3/c1-2-24-18-8-5-15(6-9-18)19-4-3-12-22(19)21(23)17-7-10-20-16(14-17)11-13-25-20/h5-10,14,19H,2-4,11-13H2,1H3. The average Bonchev–Trinajstić information content (AvgIpc) is 3.30. The largest absolute Gasteiger partial charge is 0.494 e. The van der Waals surface area contributed by atoms with Crippen molar-refractivity contribution in [3.05, 3.63) is 59.2 Å². The number of hydrogen-bond acceptors (Lipinski definition) is 3. The first-order valence-corrected chi connectivity index (χ1v) is 9.05. The van der Waals surface area contributed by atoms with Crippen molar-refractivity contribution in [1.82, 2.24) is 4.90 Å². The Hall–Kier alpha value is -2.49. The summed E-state index contributed by atoms with van der Waals surface area (Å²) in [6, 6.07) is 14.1. The van der Waals surface area contributed by atoms with Crippen molar-refractivity contribution in [2.75, 3.05) is 19.8 Å². The van der Waals surface area contributed by atoms with E-state index in [9.17, 15) is 4.79 Å². The van der Waals surface area contributed by atoms with Crippen LogP contribution in [0.3, 0.4) is 0 Å². The molecule has 0 aromatic heterocycles. The molecule has 130 valence electrons. The summed E-state index contributed by atoms with van der Waals surface area (Å²) in [6.45, 7) is 4.16. The zero-order valence-corrected chi connectivity index (χ0v) is 14.5. The number of nitrogens with zero attached hydrogens (tertiary/aromatic N) is 1. The highest BCUT2D eigenvalue weighted by Gasteiger charge is 2.31. The Morgan fingerprint density at radius 2 is 2.08 bits per heavy atom. The van der Waals surface area contributed by atoms with E-state index in [1.807, 2.05) is 42.2 Å². The maximum atomic E-state index is 13.1. The molecule has 4 nitrogen and oxygen atoms in total. The number of carbonyl (C=O) groups excluding carboxylic acids is 1. The summed E-state index contributed by atoms with van der Waals surface area (Å²) < 4.78 is 11.1. The average molecular weight is 337 g/mol. The molecule has 2 aromatic rings.